The first kappa shape index (κ1) is 10.3. The molecule has 88 valence electrons. The van der Waals surface area contributed by atoms with E-state index in [0.717, 1.165) is 24.2 Å². The predicted molar refractivity (Wildman–Crippen MR) is 61.5 cm³/mol. The number of aromatic hydroxyl groups is 1. The lowest BCUT2D eigenvalue weighted by Crippen LogP contribution is -2.25. The molecule has 1 aliphatic rings. The molecule has 0 bridgehead atoms. The second-order valence-electron chi connectivity index (χ2n) is 4.27. The van der Waals surface area contributed by atoms with Gasteiger partial charge in [0.15, 0.2) is 5.82 Å². The molecular formula is C12H13N3O2. The molecule has 0 fully saturated rings. The molecule has 2 N–H and O–H groups in total. The number of fused-ring (bicyclic) bond motifs is 1. The molecule has 0 aliphatic carbocycles. The van der Waals surface area contributed by atoms with Crippen LogP contribution in [0.4, 0.5) is 0 Å². The lowest BCUT2D eigenvalue weighted by molar-refractivity contribution is 0.124. The van der Waals surface area contributed by atoms with Crippen molar-refractivity contribution in [2.45, 2.75) is 25.5 Å². The Morgan fingerprint density at radius 3 is 2.76 bits per heavy atom. The number of hydrogen-bond donors (Lipinski definition) is 2. The largest absolute Gasteiger partial charge is 0.508 e. The Hall–Kier alpha value is -1.88. The molecule has 1 aromatic heterocycles. The maximum atomic E-state index is 9.55. The Labute approximate surface area is 98.4 Å². The zero-order valence-corrected chi connectivity index (χ0v) is 9.24. The highest BCUT2D eigenvalue weighted by molar-refractivity contribution is 5.55. The fourth-order valence-corrected chi connectivity index (χ4v) is 2.02. The lowest BCUT2D eigenvalue weighted by Gasteiger charge is -2.16. The van der Waals surface area contributed by atoms with Gasteiger partial charge in [0.25, 0.3) is 0 Å². The van der Waals surface area contributed by atoms with Crippen LogP contribution in [0.3, 0.4) is 0 Å². The average Bonchev–Trinajstić information content (AvgIpc) is 2.72. The lowest BCUT2D eigenvalue weighted by atomic mass is 10.1. The highest BCUT2D eigenvalue weighted by Crippen LogP contribution is 2.21. The monoisotopic (exact) mass is 231 g/mol. The standard InChI is InChI=1S/C12H13N3O2/c16-9-3-1-8(2-4-9)12-13-11-6-5-10(17)7-15(11)14-12/h1-4,10,16-17H,5-7H2. The number of phenols is 1. The highest BCUT2D eigenvalue weighted by Gasteiger charge is 2.20. The number of aryl methyl sites for hydroxylation is 1. The van der Waals surface area contributed by atoms with E-state index in [4.69, 9.17) is 0 Å². The molecular weight excluding hydrogens is 218 g/mol. The van der Waals surface area contributed by atoms with Gasteiger partial charge < -0.3 is 10.2 Å². The summed E-state index contributed by atoms with van der Waals surface area (Å²) < 4.78 is 1.76. The molecule has 1 aromatic carbocycles. The molecule has 0 amide bonds. The van der Waals surface area contributed by atoms with Gasteiger partial charge in [-0.25, -0.2) is 9.67 Å². The van der Waals surface area contributed by atoms with Crippen LogP contribution in [0.25, 0.3) is 11.4 Å². The van der Waals surface area contributed by atoms with Crippen LogP contribution in [-0.2, 0) is 13.0 Å². The van der Waals surface area contributed by atoms with Crippen molar-refractivity contribution in [1.82, 2.24) is 14.8 Å². The minimum atomic E-state index is -0.322. The molecule has 1 unspecified atom stereocenters. The first-order valence-electron chi connectivity index (χ1n) is 5.63. The Kier molecular flexibility index (Phi) is 2.33. The Bertz CT molecular complexity index is 533. The van der Waals surface area contributed by atoms with Crippen molar-refractivity contribution in [3.8, 4) is 17.1 Å². The minimum absolute atomic E-state index is 0.230. The number of aliphatic hydroxyl groups is 1. The van der Waals surface area contributed by atoms with Crippen LogP contribution < -0.4 is 0 Å². The molecule has 5 heteroatoms. The quantitative estimate of drug-likeness (QED) is 0.766. The van der Waals surface area contributed by atoms with E-state index in [2.05, 4.69) is 10.1 Å². The summed E-state index contributed by atoms with van der Waals surface area (Å²) in [5.41, 5.74) is 0.874. The van der Waals surface area contributed by atoms with Gasteiger partial charge in [0, 0.05) is 12.0 Å². The number of nitrogens with zero attached hydrogens (tertiary/aromatic N) is 3. The maximum absolute atomic E-state index is 9.55. The van der Waals surface area contributed by atoms with Crippen LogP contribution >= 0.6 is 0 Å². The number of rotatable bonds is 1. The summed E-state index contributed by atoms with van der Waals surface area (Å²) in [6.45, 7) is 0.514. The number of aliphatic hydroxyl groups excluding tert-OH is 1. The molecule has 0 saturated carbocycles. The third-order valence-electron chi connectivity index (χ3n) is 2.96. The molecule has 0 spiro atoms. The van der Waals surface area contributed by atoms with E-state index in [1.54, 1.807) is 28.9 Å². The summed E-state index contributed by atoms with van der Waals surface area (Å²) in [4.78, 5) is 4.44. The second-order valence-corrected chi connectivity index (χ2v) is 4.27. The van der Waals surface area contributed by atoms with Gasteiger partial charge in [-0.1, -0.05) is 0 Å². The van der Waals surface area contributed by atoms with Crippen LogP contribution in [0, 0.1) is 0 Å². The van der Waals surface area contributed by atoms with Crippen molar-refractivity contribution in [3.63, 3.8) is 0 Å². The number of hydrogen-bond acceptors (Lipinski definition) is 4. The van der Waals surface area contributed by atoms with Crippen LogP contribution in [0.2, 0.25) is 0 Å². The van der Waals surface area contributed by atoms with Crippen molar-refractivity contribution in [2.75, 3.05) is 0 Å². The van der Waals surface area contributed by atoms with Crippen molar-refractivity contribution in [1.29, 1.82) is 0 Å². The zero-order chi connectivity index (χ0) is 11.8. The van der Waals surface area contributed by atoms with Crippen LogP contribution in [-0.4, -0.2) is 31.1 Å². The molecule has 3 rings (SSSR count). The van der Waals surface area contributed by atoms with Gasteiger partial charge in [-0.05, 0) is 30.7 Å². The Morgan fingerprint density at radius 1 is 1.24 bits per heavy atom. The van der Waals surface area contributed by atoms with Gasteiger partial charge in [-0.3, -0.25) is 0 Å². The molecule has 2 aromatic rings. The first-order valence-corrected chi connectivity index (χ1v) is 5.63. The third kappa shape index (κ3) is 1.89. The van der Waals surface area contributed by atoms with E-state index >= 15 is 0 Å². The van der Waals surface area contributed by atoms with Crippen molar-refractivity contribution < 1.29 is 10.2 Å². The summed E-state index contributed by atoms with van der Waals surface area (Å²) in [6.07, 6.45) is 1.18. The number of phenolic OH excluding ortho intramolecular Hbond substituents is 1. The smallest absolute Gasteiger partial charge is 0.181 e. The second kappa shape index (κ2) is 3.85. The molecule has 0 saturated heterocycles. The Balaban J connectivity index is 1.97. The van der Waals surface area contributed by atoms with Gasteiger partial charge in [0.2, 0.25) is 0 Å². The van der Waals surface area contributed by atoms with E-state index < -0.39 is 0 Å². The number of benzene rings is 1. The van der Waals surface area contributed by atoms with Gasteiger partial charge in [0.1, 0.15) is 11.6 Å². The summed E-state index contributed by atoms with van der Waals surface area (Å²) in [6, 6.07) is 6.80. The van der Waals surface area contributed by atoms with Gasteiger partial charge in [-0.15, -0.1) is 0 Å². The van der Waals surface area contributed by atoms with Gasteiger partial charge in [0.05, 0.1) is 12.6 Å². The zero-order valence-electron chi connectivity index (χ0n) is 9.24. The van der Waals surface area contributed by atoms with E-state index in [-0.39, 0.29) is 11.9 Å². The van der Waals surface area contributed by atoms with E-state index in [1.807, 2.05) is 0 Å². The van der Waals surface area contributed by atoms with E-state index in [1.165, 1.54) is 0 Å². The molecule has 1 atom stereocenters. The summed E-state index contributed by atoms with van der Waals surface area (Å²) in [5, 5.41) is 23.1. The minimum Gasteiger partial charge on any atom is -0.508 e. The van der Waals surface area contributed by atoms with E-state index in [9.17, 15) is 10.2 Å². The molecule has 2 heterocycles. The van der Waals surface area contributed by atoms with Crippen LogP contribution in [0.5, 0.6) is 5.75 Å². The highest BCUT2D eigenvalue weighted by atomic mass is 16.3. The third-order valence-corrected chi connectivity index (χ3v) is 2.96. The van der Waals surface area contributed by atoms with Gasteiger partial charge >= 0.3 is 0 Å². The Morgan fingerprint density at radius 2 is 2.00 bits per heavy atom. The van der Waals surface area contributed by atoms with Gasteiger partial charge in [-0.2, -0.15) is 5.10 Å². The maximum Gasteiger partial charge on any atom is 0.181 e. The topological polar surface area (TPSA) is 71.2 Å². The molecule has 5 nitrogen and oxygen atoms in total. The number of aromatic nitrogens is 3. The predicted octanol–water partition coefficient (Wildman–Crippen LogP) is 0.958. The SMILES string of the molecule is Oc1ccc(-c2nc3n(n2)CC(O)CC3)cc1. The molecule has 0 radical (unpaired) electrons. The van der Waals surface area contributed by atoms with Crippen molar-refractivity contribution in [2.24, 2.45) is 0 Å². The normalized spacial score (nSPS) is 19.0. The van der Waals surface area contributed by atoms with Crippen LogP contribution in [0.1, 0.15) is 12.2 Å². The summed E-state index contributed by atoms with van der Waals surface area (Å²) in [5.74, 6) is 1.79. The van der Waals surface area contributed by atoms with Crippen LogP contribution in [0.15, 0.2) is 24.3 Å². The van der Waals surface area contributed by atoms with Crippen molar-refractivity contribution in [3.05, 3.63) is 30.1 Å². The summed E-state index contributed by atoms with van der Waals surface area (Å²) >= 11 is 0. The molecule has 17 heavy (non-hydrogen) atoms. The first-order chi connectivity index (χ1) is 8.22. The van der Waals surface area contributed by atoms with Crippen molar-refractivity contribution >= 4 is 0 Å². The summed E-state index contributed by atoms with van der Waals surface area (Å²) in [7, 11) is 0. The fraction of sp³-hybridized carbons (Fsp3) is 0.333. The van der Waals surface area contributed by atoms with E-state index in [0.29, 0.717) is 12.4 Å². The molecule has 1 aliphatic heterocycles. The fourth-order valence-electron chi connectivity index (χ4n) is 2.02. The average molecular weight is 231 g/mol.